The quantitative estimate of drug-likeness (QED) is 0.497. The van der Waals surface area contributed by atoms with Crippen LogP contribution in [-0.4, -0.2) is 24.9 Å². The van der Waals surface area contributed by atoms with Crippen molar-refractivity contribution in [2.75, 3.05) is 5.73 Å². The molecular formula is C20H14ClFN6O. The number of hydrogen-bond acceptors (Lipinski definition) is 7. The molecule has 9 heteroatoms. The van der Waals surface area contributed by atoms with Crippen molar-refractivity contribution in [1.29, 1.82) is 0 Å². The van der Waals surface area contributed by atoms with Gasteiger partial charge in [-0.25, -0.2) is 24.3 Å². The summed E-state index contributed by atoms with van der Waals surface area (Å²) in [5, 5.41) is 0.0585. The molecule has 7 nitrogen and oxygen atoms in total. The maximum Gasteiger partial charge on any atom is 0.322 e. The lowest BCUT2D eigenvalue weighted by atomic mass is 10.0. The van der Waals surface area contributed by atoms with Crippen LogP contribution in [0.1, 0.15) is 5.69 Å². The van der Waals surface area contributed by atoms with Crippen LogP contribution in [0.5, 0.6) is 11.8 Å². The highest BCUT2D eigenvalue weighted by molar-refractivity contribution is 6.28. The van der Waals surface area contributed by atoms with Crippen LogP contribution >= 0.6 is 11.6 Å². The fourth-order valence-electron chi connectivity index (χ4n) is 2.70. The van der Waals surface area contributed by atoms with Gasteiger partial charge >= 0.3 is 6.01 Å². The van der Waals surface area contributed by atoms with Crippen LogP contribution in [0, 0.1) is 12.7 Å². The number of anilines is 1. The summed E-state index contributed by atoms with van der Waals surface area (Å²) in [6.45, 7) is 1.79. The Kier molecular flexibility index (Phi) is 5.01. The normalized spacial score (nSPS) is 10.7. The van der Waals surface area contributed by atoms with E-state index in [2.05, 4.69) is 24.9 Å². The summed E-state index contributed by atoms with van der Waals surface area (Å²) in [4.78, 5) is 20.5. The Labute approximate surface area is 170 Å². The minimum absolute atomic E-state index is 0.00130. The molecule has 4 rings (SSSR count). The summed E-state index contributed by atoms with van der Waals surface area (Å²) in [7, 11) is 0. The van der Waals surface area contributed by atoms with Gasteiger partial charge in [0.15, 0.2) is 11.6 Å². The zero-order valence-electron chi connectivity index (χ0n) is 15.2. The molecule has 29 heavy (non-hydrogen) atoms. The van der Waals surface area contributed by atoms with Crippen molar-refractivity contribution in [1.82, 2.24) is 24.9 Å². The Hall–Kier alpha value is -3.65. The number of rotatable bonds is 4. The number of ether oxygens (including phenoxy) is 1. The van der Waals surface area contributed by atoms with Crippen LogP contribution in [0.3, 0.4) is 0 Å². The average Bonchev–Trinajstić information content (AvgIpc) is 2.69. The SMILES string of the molecule is Cc1ccnc(Oc2ccc(-c3cnc(Cl)nc3-c3cncc(N)c3)cc2F)n1. The first kappa shape index (κ1) is 18.7. The second-order valence-electron chi connectivity index (χ2n) is 6.14. The van der Waals surface area contributed by atoms with Crippen LogP contribution in [-0.2, 0) is 0 Å². The summed E-state index contributed by atoms with van der Waals surface area (Å²) in [5.41, 5.74) is 9.23. The molecule has 3 aromatic heterocycles. The third-order valence-corrected chi connectivity index (χ3v) is 4.19. The second kappa shape index (κ2) is 7.76. The monoisotopic (exact) mass is 408 g/mol. The Morgan fingerprint density at radius 2 is 1.86 bits per heavy atom. The zero-order chi connectivity index (χ0) is 20.4. The van der Waals surface area contributed by atoms with Gasteiger partial charge in [0, 0.05) is 41.6 Å². The molecule has 0 bridgehead atoms. The molecule has 0 saturated carbocycles. The summed E-state index contributed by atoms with van der Waals surface area (Å²) in [6, 6.07) is 7.99. The molecule has 144 valence electrons. The van der Waals surface area contributed by atoms with Crippen LogP contribution in [0.25, 0.3) is 22.4 Å². The molecule has 0 atom stereocenters. The summed E-state index contributed by atoms with van der Waals surface area (Å²) in [6.07, 6.45) is 6.18. The first-order valence-electron chi connectivity index (χ1n) is 8.50. The Morgan fingerprint density at radius 3 is 2.62 bits per heavy atom. The number of halogens is 2. The fourth-order valence-corrected chi connectivity index (χ4v) is 2.84. The highest BCUT2D eigenvalue weighted by Crippen LogP contribution is 2.34. The van der Waals surface area contributed by atoms with Gasteiger partial charge in [-0.05, 0) is 48.4 Å². The van der Waals surface area contributed by atoms with E-state index in [0.717, 1.165) is 0 Å². The van der Waals surface area contributed by atoms with Gasteiger partial charge < -0.3 is 10.5 Å². The van der Waals surface area contributed by atoms with Crippen molar-refractivity contribution in [3.63, 3.8) is 0 Å². The topological polar surface area (TPSA) is 99.7 Å². The van der Waals surface area contributed by atoms with Crippen LogP contribution < -0.4 is 10.5 Å². The smallest absolute Gasteiger partial charge is 0.322 e. The lowest BCUT2D eigenvalue weighted by Crippen LogP contribution is -1.97. The highest BCUT2D eigenvalue weighted by atomic mass is 35.5. The minimum Gasteiger partial charge on any atom is -0.421 e. The third kappa shape index (κ3) is 4.12. The first-order chi connectivity index (χ1) is 14.0. The van der Waals surface area contributed by atoms with E-state index in [1.54, 1.807) is 37.5 Å². The van der Waals surface area contributed by atoms with Gasteiger partial charge in [-0.1, -0.05) is 6.07 Å². The molecule has 3 heterocycles. The van der Waals surface area contributed by atoms with E-state index in [1.807, 2.05) is 0 Å². The number of nitrogen functional groups attached to an aromatic ring is 1. The molecule has 0 aliphatic heterocycles. The number of aromatic nitrogens is 5. The molecule has 0 unspecified atom stereocenters. The Bertz CT molecular complexity index is 1200. The summed E-state index contributed by atoms with van der Waals surface area (Å²) in [5.74, 6) is -0.583. The number of hydrogen-bond donors (Lipinski definition) is 1. The van der Waals surface area contributed by atoms with Crippen molar-refractivity contribution in [3.05, 3.63) is 71.9 Å². The number of benzene rings is 1. The van der Waals surface area contributed by atoms with Crippen molar-refractivity contribution in [2.45, 2.75) is 6.92 Å². The Morgan fingerprint density at radius 1 is 1.00 bits per heavy atom. The maximum absolute atomic E-state index is 14.7. The molecule has 2 N–H and O–H groups in total. The molecule has 0 aliphatic carbocycles. The van der Waals surface area contributed by atoms with Gasteiger partial charge in [0.1, 0.15) is 0 Å². The molecule has 0 spiro atoms. The van der Waals surface area contributed by atoms with E-state index < -0.39 is 5.82 Å². The summed E-state index contributed by atoms with van der Waals surface area (Å²) >= 11 is 5.97. The number of aryl methyl sites for hydroxylation is 1. The van der Waals surface area contributed by atoms with Crippen LogP contribution in [0.15, 0.2) is 55.1 Å². The average molecular weight is 409 g/mol. The van der Waals surface area contributed by atoms with Crippen LogP contribution in [0.2, 0.25) is 5.28 Å². The number of pyridine rings is 1. The van der Waals surface area contributed by atoms with E-state index in [1.165, 1.54) is 24.5 Å². The standard InChI is InChI=1S/C20H14ClFN6O/c1-11-4-5-25-20(27-11)29-17-3-2-12(7-16(17)22)15-10-26-19(21)28-18(15)13-6-14(23)9-24-8-13/h2-10H,23H2,1H3. The van der Waals surface area contributed by atoms with Gasteiger partial charge in [-0.3, -0.25) is 4.98 Å². The van der Waals surface area contributed by atoms with E-state index in [-0.39, 0.29) is 17.0 Å². The van der Waals surface area contributed by atoms with Crippen molar-refractivity contribution >= 4 is 17.3 Å². The molecule has 0 saturated heterocycles. The number of nitrogens with two attached hydrogens (primary N) is 1. The first-order valence-corrected chi connectivity index (χ1v) is 8.88. The lowest BCUT2D eigenvalue weighted by molar-refractivity contribution is 0.410. The van der Waals surface area contributed by atoms with Crippen molar-refractivity contribution < 1.29 is 9.13 Å². The largest absolute Gasteiger partial charge is 0.421 e. The Balaban J connectivity index is 1.73. The second-order valence-corrected chi connectivity index (χ2v) is 6.47. The van der Waals surface area contributed by atoms with Gasteiger partial charge in [0.05, 0.1) is 11.4 Å². The zero-order valence-corrected chi connectivity index (χ0v) is 15.9. The van der Waals surface area contributed by atoms with Crippen molar-refractivity contribution in [2.24, 2.45) is 0 Å². The van der Waals surface area contributed by atoms with Crippen LogP contribution in [0.4, 0.5) is 10.1 Å². The van der Waals surface area contributed by atoms with E-state index in [9.17, 15) is 4.39 Å². The minimum atomic E-state index is -0.584. The van der Waals surface area contributed by atoms with E-state index in [0.29, 0.717) is 33.8 Å². The molecule has 0 fully saturated rings. The van der Waals surface area contributed by atoms with E-state index >= 15 is 0 Å². The van der Waals surface area contributed by atoms with Gasteiger partial charge in [-0.15, -0.1) is 0 Å². The van der Waals surface area contributed by atoms with Gasteiger partial charge in [0.2, 0.25) is 5.28 Å². The lowest BCUT2D eigenvalue weighted by Gasteiger charge is -2.11. The fraction of sp³-hybridized carbons (Fsp3) is 0.0500. The molecule has 0 aliphatic rings. The van der Waals surface area contributed by atoms with E-state index in [4.69, 9.17) is 22.1 Å². The summed E-state index contributed by atoms with van der Waals surface area (Å²) < 4.78 is 20.2. The molecule has 4 aromatic rings. The van der Waals surface area contributed by atoms with Gasteiger partial charge in [0.25, 0.3) is 0 Å². The molecule has 1 aromatic carbocycles. The van der Waals surface area contributed by atoms with Crippen molar-refractivity contribution in [3.8, 4) is 34.1 Å². The molecular weight excluding hydrogens is 395 g/mol. The predicted molar refractivity (Wildman–Crippen MR) is 107 cm³/mol. The highest BCUT2D eigenvalue weighted by Gasteiger charge is 2.15. The van der Waals surface area contributed by atoms with Gasteiger partial charge in [-0.2, -0.15) is 0 Å². The molecule has 0 radical (unpaired) electrons. The number of nitrogens with zero attached hydrogens (tertiary/aromatic N) is 5. The maximum atomic E-state index is 14.7. The third-order valence-electron chi connectivity index (χ3n) is 4.01. The molecule has 0 amide bonds. The predicted octanol–water partition coefficient (Wildman–Crippen LogP) is 4.47.